The Bertz CT molecular complexity index is 1220. The molecular weight excluding hydrogens is 592 g/mol. The lowest BCUT2D eigenvalue weighted by atomic mass is 10.0. The largest absolute Gasteiger partial charge is 0.481 e. The molecule has 2 bridgehead atoms. The first-order chi connectivity index (χ1) is 22.1. The van der Waals surface area contributed by atoms with E-state index in [9.17, 15) is 29.4 Å². The second-order valence-electron chi connectivity index (χ2n) is 12.5. The zero-order valence-corrected chi connectivity index (χ0v) is 26.8. The summed E-state index contributed by atoms with van der Waals surface area (Å²) in [5.74, 6) is -2.10. The van der Waals surface area contributed by atoms with Crippen LogP contribution in [-0.2, 0) is 25.6 Å². The van der Waals surface area contributed by atoms with E-state index in [4.69, 9.17) is 0 Å². The third-order valence-electron chi connectivity index (χ3n) is 8.97. The van der Waals surface area contributed by atoms with Crippen LogP contribution >= 0.6 is 0 Å². The van der Waals surface area contributed by atoms with Crippen LogP contribution in [0.1, 0.15) is 70.3 Å². The van der Waals surface area contributed by atoms with Crippen molar-refractivity contribution in [1.82, 2.24) is 42.1 Å². The quantitative estimate of drug-likeness (QED) is 0.201. The van der Waals surface area contributed by atoms with Crippen molar-refractivity contribution >= 4 is 23.7 Å². The number of nitrogens with zero attached hydrogens (tertiary/aromatic N) is 2. The van der Waals surface area contributed by atoms with Crippen molar-refractivity contribution in [3.8, 4) is 0 Å². The molecule has 46 heavy (non-hydrogen) atoms. The number of nitrogens with one attached hydrogen (secondary N) is 6. The highest BCUT2D eigenvalue weighted by Gasteiger charge is 2.40. The Morgan fingerprint density at radius 2 is 1.78 bits per heavy atom. The molecule has 1 aromatic rings. The van der Waals surface area contributed by atoms with Crippen molar-refractivity contribution in [2.45, 2.75) is 108 Å². The lowest BCUT2D eigenvalue weighted by Crippen LogP contribution is -2.59. The minimum Gasteiger partial charge on any atom is -0.481 e. The predicted molar refractivity (Wildman–Crippen MR) is 171 cm³/mol. The monoisotopic (exact) mass is 642 g/mol. The number of carbonyl (C=O) groups is 4. The molecule has 1 saturated heterocycles. The molecule has 14 nitrogen and oxygen atoms in total. The number of aliphatic hydroxyl groups is 1. The Labute approximate surface area is 270 Å². The van der Waals surface area contributed by atoms with Crippen LogP contribution in [-0.4, -0.2) is 100 Å². The van der Waals surface area contributed by atoms with E-state index in [1.54, 1.807) is 18.9 Å². The van der Waals surface area contributed by atoms with E-state index in [0.717, 1.165) is 17.7 Å². The molecule has 6 atom stereocenters. The van der Waals surface area contributed by atoms with Gasteiger partial charge in [-0.3, -0.25) is 29.1 Å². The third kappa shape index (κ3) is 10.1. The van der Waals surface area contributed by atoms with Crippen molar-refractivity contribution < 1.29 is 29.4 Å². The summed E-state index contributed by atoms with van der Waals surface area (Å²) in [6.07, 6.45) is 5.76. The van der Waals surface area contributed by atoms with Crippen molar-refractivity contribution in [2.24, 2.45) is 0 Å². The lowest BCUT2D eigenvalue weighted by molar-refractivity contribution is -0.139. The van der Waals surface area contributed by atoms with Crippen LogP contribution in [0, 0.1) is 0 Å². The second kappa shape index (κ2) is 17.3. The average molecular weight is 643 g/mol. The van der Waals surface area contributed by atoms with Crippen LogP contribution < -0.4 is 32.2 Å². The molecule has 3 heterocycles. The summed E-state index contributed by atoms with van der Waals surface area (Å²) in [5, 5.41) is 34.9. The smallest absolute Gasteiger partial charge is 0.305 e. The highest BCUT2D eigenvalue weighted by atomic mass is 16.4. The maximum absolute atomic E-state index is 13.8. The van der Waals surface area contributed by atoms with E-state index >= 15 is 0 Å². The van der Waals surface area contributed by atoms with Crippen LogP contribution in [0.15, 0.2) is 42.2 Å². The van der Waals surface area contributed by atoms with Gasteiger partial charge in [0.15, 0.2) is 0 Å². The minimum absolute atomic E-state index is 0.219. The molecule has 0 aliphatic carbocycles. The summed E-state index contributed by atoms with van der Waals surface area (Å²) < 4.78 is 0. The fourth-order valence-corrected chi connectivity index (χ4v) is 6.25. The van der Waals surface area contributed by atoms with Gasteiger partial charge in [0.25, 0.3) is 0 Å². The van der Waals surface area contributed by atoms with Gasteiger partial charge >= 0.3 is 5.97 Å². The molecule has 3 amide bonds. The standard InChI is InChI=1S/C32H50N8O6/c1-21(33-2)29(43)35-25-14-8-13-24-20-39(38-37-24)16-7-6-12-23(19-28(41)42)34-30(44)26(18-22-10-4-3-5-11-22)36-31(45)27-15-9-17-40(27)32(25)46/h3-5,10-11,20-21,23,25-27,32-33,37-38,46H,6-9,12-19H2,1-2H3,(H,34,44)(H,35,43)(H,36,45)(H,41,42)/t21-,23?,25-,26-,27-,32?/m0/s1. The highest BCUT2D eigenvalue weighted by Crippen LogP contribution is 2.24. The zero-order chi connectivity index (χ0) is 33.1. The van der Waals surface area contributed by atoms with E-state index in [-0.39, 0.29) is 18.7 Å². The molecule has 14 heteroatoms. The van der Waals surface area contributed by atoms with Crippen LogP contribution in [0.2, 0.25) is 0 Å². The number of carbonyl (C=O) groups excluding carboxylic acids is 3. The number of carboxylic acid groups (broad SMARTS) is 1. The number of likely N-dealkylation sites (N-methyl/N-ethyl adjacent to an activating group) is 1. The molecule has 0 aromatic heterocycles. The van der Waals surface area contributed by atoms with E-state index in [1.807, 2.05) is 41.5 Å². The molecular formula is C32H50N8O6. The number of benzene rings is 1. The zero-order valence-electron chi connectivity index (χ0n) is 26.8. The van der Waals surface area contributed by atoms with Crippen molar-refractivity contribution in [2.75, 3.05) is 20.1 Å². The number of allylic oxidation sites excluding steroid dienone is 1. The number of carboxylic acids is 1. The van der Waals surface area contributed by atoms with Crippen LogP contribution in [0.25, 0.3) is 0 Å². The molecule has 254 valence electrons. The summed E-state index contributed by atoms with van der Waals surface area (Å²) in [4.78, 5) is 53.8. The summed E-state index contributed by atoms with van der Waals surface area (Å²) in [5.41, 5.74) is 8.10. The van der Waals surface area contributed by atoms with Crippen LogP contribution in [0.5, 0.6) is 0 Å². The van der Waals surface area contributed by atoms with E-state index < -0.39 is 54.2 Å². The SMILES string of the molecule is CN[C@@H](C)C(=O)N[C@H]1CCCC2=CN(CCCCC(CC(=O)O)NC(=O)[C@H](Cc3ccccc3)NC(=O)[C@@H]3CCCN3C1O)NN2. The number of rotatable bonds is 7. The van der Waals surface area contributed by atoms with Gasteiger partial charge in [0.1, 0.15) is 12.3 Å². The molecule has 3 aliphatic heterocycles. The summed E-state index contributed by atoms with van der Waals surface area (Å²) in [6, 6.07) is 5.97. The maximum atomic E-state index is 13.8. The van der Waals surface area contributed by atoms with Crippen LogP contribution in [0.3, 0.4) is 0 Å². The van der Waals surface area contributed by atoms with E-state index in [0.29, 0.717) is 58.0 Å². The normalized spacial score (nSPS) is 27.8. The van der Waals surface area contributed by atoms with Gasteiger partial charge in [-0.15, -0.1) is 5.53 Å². The van der Waals surface area contributed by atoms with Gasteiger partial charge < -0.3 is 36.9 Å². The molecule has 1 fully saturated rings. The van der Waals surface area contributed by atoms with Crippen molar-refractivity contribution in [3.63, 3.8) is 0 Å². The number of hydrazine groups is 2. The molecule has 3 aliphatic rings. The number of aliphatic carboxylic acids is 1. The average Bonchev–Trinajstić information content (AvgIpc) is 3.71. The van der Waals surface area contributed by atoms with Gasteiger partial charge in [-0.25, -0.2) is 0 Å². The predicted octanol–water partition coefficient (Wildman–Crippen LogP) is 0.0693. The third-order valence-corrected chi connectivity index (χ3v) is 8.97. The van der Waals surface area contributed by atoms with Gasteiger partial charge in [-0.1, -0.05) is 30.3 Å². The minimum atomic E-state index is -1.13. The fraction of sp³-hybridized carbons (Fsp3) is 0.625. The number of fused-ring (bicyclic) bond motifs is 2. The molecule has 1 aromatic carbocycles. The van der Waals surface area contributed by atoms with Gasteiger partial charge in [-0.2, -0.15) is 0 Å². The lowest BCUT2D eigenvalue weighted by Gasteiger charge is -2.35. The maximum Gasteiger partial charge on any atom is 0.305 e. The Hall–Kier alpha value is -3.72. The molecule has 8 N–H and O–H groups in total. The number of amides is 3. The first-order valence-electron chi connectivity index (χ1n) is 16.4. The molecule has 0 spiro atoms. The van der Waals surface area contributed by atoms with Gasteiger partial charge in [0, 0.05) is 37.4 Å². The number of hydrogen-bond donors (Lipinski definition) is 8. The highest BCUT2D eigenvalue weighted by molar-refractivity contribution is 5.90. The van der Waals surface area contributed by atoms with Gasteiger partial charge in [0.2, 0.25) is 17.7 Å². The Morgan fingerprint density at radius 3 is 2.52 bits per heavy atom. The number of aliphatic hydroxyl groups excluding tert-OH is 1. The van der Waals surface area contributed by atoms with Gasteiger partial charge in [-0.05, 0) is 70.9 Å². The van der Waals surface area contributed by atoms with E-state index in [2.05, 4.69) is 32.2 Å². The Balaban J connectivity index is 1.59. The van der Waals surface area contributed by atoms with Gasteiger partial charge in [0.05, 0.1) is 24.5 Å². The van der Waals surface area contributed by atoms with E-state index in [1.165, 1.54) is 0 Å². The Morgan fingerprint density at radius 1 is 1.00 bits per heavy atom. The first-order valence-corrected chi connectivity index (χ1v) is 16.4. The molecule has 0 radical (unpaired) electrons. The second-order valence-corrected chi connectivity index (χ2v) is 12.5. The molecule has 2 unspecified atom stereocenters. The fourth-order valence-electron chi connectivity index (χ4n) is 6.25. The first kappa shape index (κ1) is 35.1. The topological polar surface area (TPSA) is 187 Å². The summed E-state index contributed by atoms with van der Waals surface area (Å²) in [6.45, 7) is 2.87. The number of hydrogen-bond acceptors (Lipinski definition) is 10. The molecule has 0 saturated carbocycles. The summed E-state index contributed by atoms with van der Waals surface area (Å²) in [7, 11) is 1.69. The van der Waals surface area contributed by atoms with Crippen molar-refractivity contribution in [1.29, 1.82) is 0 Å². The van der Waals surface area contributed by atoms with Crippen LogP contribution in [0.4, 0.5) is 0 Å². The molecule has 4 rings (SSSR count). The van der Waals surface area contributed by atoms with Crippen molar-refractivity contribution in [3.05, 3.63) is 47.8 Å². The summed E-state index contributed by atoms with van der Waals surface area (Å²) >= 11 is 0. The Kier molecular flexibility index (Phi) is 13.2.